The third-order valence-corrected chi connectivity index (χ3v) is 4.51. The van der Waals surface area contributed by atoms with Crippen molar-refractivity contribution in [3.63, 3.8) is 0 Å². The van der Waals surface area contributed by atoms with Gasteiger partial charge < -0.3 is 10.4 Å². The molecule has 0 aromatic heterocycles. The summed E-state index contributed by atoms with van der Waals surface area (Å²) in [6, 6.07) is 9.79. The predicted molar refractivity (Wildman–Crippen MR) is 78.0 cm³/mol. The predicted octanol–water partition coefficient (Wildman–Crippen LogP) is 1.92. The molecule has 1 fully saturated rings. The van der Waals surface area contributed by atoms with Crippen LogP contribution in [0.5, 0.6) is 0 Å². The highest BCUT2D eigenvalue weighted by Gasteiger charge is 2.40. The molecule has 2 aliphatic carbocycles. The molecule has 106 valence electrons. The van der Waals surface area contributed by atoms with Gasteiger partial charge in [-0.25, -0.2) is 0 Å². The van der Waals surface area contributed by atoms with Crippen molar-refractivity contribution in [2.24, 2.45) is 17.8 Å². The van der Waals surface area contributed by atoms with Crippen LogP contribution in [0.2, 0.25) is 0 Å². The molecular formula is C17H21NO2. The first-order chi connectivity index (χ1) is 9.76. The van der Waals surface area contributed by atoms with Crippen LogP contribution in [0, 0.1) is 17.8 Å². The average molecular weight is 271 g/mol. The van der Waals surface area contributed by atoms with Crippen LogP contribution in [0.3, 0.4) is 0 Å². The van der Waals surface area contributed by atoms with E-state index >= 15 is 0 Å². The fourth-order valence-electron chi connectivity index (χ4n) is 3.45. The largest absolute Gasteiger partial charge is 0.394 e. The van der Waals surface area contributed by atoms with Gasteiger partial charge in [0.15, 0.2) is 0 Å². The van der Waals surface area contributed by atoms with Crippen LogP contribution >= 0.6 is 0 Å². The first-order valence-electron chi connectivity index (χ1n) is 7.39. The summed E-state index contributed by atoms with van der Waals surface area (Å²) >= 11 is 0. The van der Waals surface area contributed by atoms with Crippen LogP contribution in [0.15, 0.2) is 42.5 Å². The normalized spacial score (nSPS) is 28.6. The molecule has 1 amide bonds. The maximum absolute atomic E-state index is 12.3. The number of benzene rings is 1. The van der Waals surface area contributed by atoms with Crippen LogP contribution in [-0.2, 0) is 11.2 Å². The minimum absolute atomic E-state index is 0.0166. The lowest BCUT2D eigenvalue weighted by Crippen LogP contribution is -2.43. The molecular weight excluding hydrogens is 250 g/mol. The minimum Gasteiger partial charge on any atom is -0.394 e. The second-order valence-corrected chi connectivity index (χ2v) is 5.96. The van der Waals surface area contributed by atoms with Crippen molar-refractivity contribution in [3.8, 4) is 0 Å². The van der Waals surface area contributed by atoms with Crippen LogP contribution in [0.1, 0.15) is 18.4 Å². The molecule has 20 heavy (non-hydrogen) atoms. The number of amides is 1. The second-order valence-electron chi connectivity index (χ2n) is 5.96. The number of carbonyl (C=O) groups is 1. The fourth-order valence-corrected chi connectivity index (χ4v) is 3.45. The van der Waals surface area contributed by atoms with Crippen molar-refractivity contribution in [1.29, 1.82) is 0 Å². The van der Waals surface area contributed by atoms with E-state index in [0.717, 1.165) is 18.4 Å². The monoisotopic (exact) mass is 271 g/mol. The molecule has 2 aliphatic rings. The third-order valence-electron chi connectivity index (χ3n) is 4.51. The van der Waals surface area contributed by atoms with Gasteiger partial charge in [0.1, 0.15) is 0 Å². The van der Waals surface area contributed by atoms with Gasteiger partial charge in [-0.3, -0.25) is 4.79 Å². The quantitative estimate of drug-likeness (QED) is 0.804. The molecule has 0 spiro atoms. The second kappa shape index (κ2) is 5.80. The number of aliphatic hydroxyl groups excluding tert-OH is 1. The smallest absolute Gasteiger partial charge is 0.224 e. The zero-order chi connectivity index (χ0) is 13.9. The maximum atomic E-state index is 12.3. The van der Waals surface area contributed by atoms with E-state index in [0.29, 0.717) is 18.3 Å². The molecule has 1 aromatic carbocycles. The SMILES string of the molecule is O=C(NC(CO)Cc1ccccc1)C1CC2C=CC1C2. The molecule has 0 aliphatic heterocycles. The number of nitrogens with one attached hydrogen (secondary N) is 1. The van der Waals surface area contributed by atoms with E-state index in [-0.39, 0.29) is 24.5 Å². The van der Waals surface area contributed by atoms with Gasteiger partial charge in [0.2, 0.25) is 5.91 Å². The van der Waals surface area contributed by atoms with Gasteiger partial charge in [0, 0.05) is 5.92 Å². The summed E-state index contributed by atoms with van der Waals surface area (Å²) in [4.78, 5) is 12.3. The Morgan fingerprint density at radius 1 is 1.25 bits per heavy atom. The molecule has 3 nitrogen and oxygen atoms in total. The number of hydrogen-bond acceptors (Lipinski definition) is 2. The van der Waals surface area contributed by atoms with Crippen LogP contribution < -0.4 is 5.32 Å². The highest BCUT2D eigenvalue weighted by atomic mass is 16.3. The van der Waals surface area contributed by atoms with Gasteiger partial charge in [-0.05, 0) is 36.7 Å². The van der Waals surface area contributed by atoms with Gasteiger partial charge in [-0.2, -0.15) is 0 Å². The van der Waals surface area contributed by atoms with E-state index in [4.69, 9.17) is 0 Å². The Bertz CT molecular complexity index is 497. The van der Waals surface area contributed by atoms with Gasteiger partial charge in [-0.15, -0.1) is 0 Å². The summed E-state index contributed by atoms with van der Waals surface area (Å²) in [5.74, 6) is 1.22. The summed E-state index contributed by atoms with van der Waals surface area (Å²) in [5, 5.41) is 12.5. The number of aliphatic hydroxyl groups is 1. The van der Waals surface area contributed by atoms with Crippen molar-refractivity contribution >= 4 is 5.91 Å². The fraction of sp³-hybridized carbons (Fsp3) is 0.471. The summed E-state index contributed by atoms with van der Waals surface area (Å²) in [7, 11) is 0. The van der Waals surface area contributed by atoms with Gasteiger partial charge in [-0.1, -0.05) is 42.5 Å². The van der Waals surface area contributed by atoms with Crippen LogP contribution in [0.4, 0.5) is 0 Å². The Morgan fingerprint density at radius 3 is 2.65 bits per heavy atom. The summed E-state index contributed by atoms with van der Waals surface area (Å²) < 4.78 is 0. The minimum atomic E-state index is -0.187. The Kier molecular flexibility index (Phi) is 3.88. The Morgan fingerprint density at radius 2 is 2.05 bits per heavy atom. The summed E-state index contributed by atoms with van der Waals surface area (Å²) in [6.45, 7) is -0.0166. The zero-order valence-electron chi connectivity index (χ0n) is 11.5. The van der Waals surface area contributed by atoms with E-state index in [1.54, 1.807) is 0 Å². The van der Waals surface area contributed by atoms with Crippen LogP contribution in [-0.4, -0.2) is 23.7 Å². The number of hydrogen-bond donors (Lipinski definition) is 2. The van der Waals surface area contributed by atoms with Crippen molar-refractivity contribution < 1.29 is 9.90 Å². The first kappa shape index (κ1) is 13.4. The highest BCUT2D eigenvalue weighted by molar-refractivity contribution is 5.80. The summed E-state index contributed by atoms with van der Waals surface area (Å²) in [5.41, 5.74) is 1.14. The standard InChI is InChI=1S/C17H21NO2/c19-11-15(9-12-4-2-1-3-5-12)18-17(20)16-10-13-6-7-14(16)8-13/h1-7,13-16,19H,8-11H2,(H,18,20). The van der Waals surface area contributed by atoms with Crippen molar-refractivity contribution in [1.82, 2.24) is 5.32 Å². The molecule has 3 heteroatoms. The van der Waals surface area contributed by atoms with Crippen LogP contribution in [0.25, 0.3) is 0 Å². The lowest BCUT2D eigenvalue weighted by atomic mass is 9.92. The molecule has 1 saturated carbocycles. The van der Waals surface area contributed by atoms with E-state index < -0.39 is 0 Å². The molecule has 0 radical (unpaired) electrons. The average Bonchev–Trinajstić information content (AvgIpc) is 3.10. The molecule has 3 rings (SSSR count). The highest BCUT2D eigenvalue weighted by Crippen LogP contribution is 2.43. The molecule has 0 heterocycles. The molecule has 4 atom stereocenters. The first-order valence-corrected chi connectivity index (χ1v) is 7.39. The van der Waals surface area contributed by atoms with Gasteiger partial charge in [0.25, 0.3) is 0 Å². The third kappa shape index (κ3) is 2.78. The van der Waals surface area contributed by atoms with Gasteiger partial charge >= 0.3 is 0 Å². The maximum Gasteiger partial charge on any atom is 0.224 e. The molecule has 2 N–H and O–H groups in total. The zero-order valence-corrected chi connectivity index (χ0v) is 11.5. The van der Waals surface area contributed by atoms with Crippen molar-refractivity contribution in [2.75, 3.05) is 6.61 Å². The van der Waals surface area contributed by atoms with Crippen molar-refractivity contribution in [2.45, 2.75) is 25.3 Å². The van der Waals surface area contributed by atoms with E-state index in [1.165, 1.54) is 0 Å². The van der Waals surface area contributed by atoms with E-state index in [1.807, 2.05) is 30.3 Å². The number of allylic oxidation sites excluding steroid dienone is 2. The Balaban J connectivity index is 1.58. The lowest BCUT2D eigenvalue weighted by Gasteiger charge is -2.22. The Hall–Kier alpha value is -1.61. The van der Waals surface area contributed by atoms with Gasteiger partial charge in [0.05, 0.1) is 12.6 Å². The Labute approximate surface area is 119 Å². The summed E-state index contributed by atoms with van der Waals surface area (Å²) in [6.07, 6.45) is 7.20. The lowest BCUT2D eigenvalue weighted by molar-refractivity contribution is -0.126. The molecule has 1 aromatic rings. The molecule has 4 unspecified atom stereocenters. The number of rotatable bonds is 5. The molecule has 0 saturated heterocycles. The topological polar surface area (TPSA) is 49.3 Å². The van der Waals surface area contributed by atoms with E-state index in [2.05, 4.69) is 17.5 Å². The number of fused-ring (bicyclic) bond motifs is 2. The van der Waals surface area contributed by atoms with E-state index in [9.17, 15) is 9.90 Å². The number of carbonyl (C=O) groups excluding carboxylic acids is 1. The van der Waals surface area contributed by atoms with Crippen molar-refractivity contribution in [3.05, 3.63) is 48.0 Å². The molecule has 2 bridgehead atoms.